The molecule has 0 aliphatic carbocycles. The Hall–Kier alpha value is -1.40. The van der Waals surface area contributed by atoms with E-state index in [1.165, 1.54) is 0 Å². The number of hydrogen-bond donors (Lipinski definition) is 2. The van der Waals surface area contributed by atoms with E-state index in [4.69, 9.17) is 0 Å². The zero-order valence-electron chi connectivity index (χ0n) is 11.4. The number of aromatic nitrogens is 2. The lowest BCUT2D eigenvalue weighted by Crippen LogP contribution is -2.53. The number of nitrogens with one attached hydrogen (secondary N) is 1. The molecular weight excluding hydrogens is 244 g/mol. The molecule has 1 aromatic heterocycles. The van der Waals surface area contributed by atoms with Gasteiger partial charge in [0.25, 0.3) is 0 Å². The van der Waals surface area contributed by atoms with E-state index < -0.39 is 0 Å². The highest BCUT2D eigenvalue weighted by molar-refractivity contribution is 5.78. The van der Waals surface area contributed by atoms with Gasteiger partial charge in [0.2, 0.25) is 5.91 Å². The molecule has 1 aliphatic heterocycles. The summed E-state index contributed by atoms with van der Waals surface area (Å²) in [6, 6.07) is 2.05. The van der Waals surface area contributed by atoms with Crippen molar-refractivity contribution in [1.29, 1.82) is 0 Å². The van der Waals surface area contributed by atoms with Crippen molar-refractivity contribution in [2.45, 2.75) is 25.8 Å². The van der Waals surface area contributed by atoms with Gasteiger partial charge in [0, 0.05) is 44.1 Å². The molecule has 1 amide bonds. The molecule has 0 radical (unpaired) electrons. The quantitative estimate of drug-likeness (QED) is 0.778. The van der Waals surface area contributed by atoms with Crippen molar-refractivity contribution in [2.75, 3.05) is 32.8 Å². The third kappa shape index (κ3) is 3.54. The SMILES string of the molecule is CCC(CO)N1CCN(C(=O)Cc2ccn[nH]2)CC1. The van der Waals surface area contributed by atoms with Crippen molar-refractivity contribution < 1.29 is 9.90 Å². The Kier molecular flexibility index (Phi) is 4.93. The Morgan fingerprint density at radius 1 is 1.47 bits per heavy atom. The van der Waals surface area contributed by atoms with E-state index in [1.807, 2.05) is 11.0 Å². The predicted octanol–water partition coefficient (Wildman–Crippen LogP) is -0.133. The van der Waals surface area contributed by atoms with Gasteiger partial charge < -0.3 is 10.0 Å². The van der Waals surface area contributed by atoms with E-state index in [0.29, 0.717) is 6.42 Å². The Morgan fingerprint density at radius 2 is 2.21 bits per heavy atom. The van der Waals surface area contributed by atoms with E-state index in [1.54, 1.807) is 6.20 Å². The maximum absolute atomic E-state index is 12.1. The number of piperazine rings is 1. The normalized spacial score (nSPS) is 18.5. The Labute approximate surface area is 113 Å². The van der Waals surface area contributed by atoms with Crippen LogP contribution in [0, 0.1) is 0 Å². The lowest BCUT2D eigenvalue weighted by Gasteiger charge is -2.38. The minimum Gasteiger partial charge on any atom is -0.395 e. The summed E-state index contributed by atoms with van der Waals surface area (Å²) in [4.78, 5) is 16.2. The number of carbonyl (C=O) groups excluding carboxylic acids is 1. The summed E-state index contributed by atoms with van der Waals surface area (Å²) < 4.78 is 0. The van der Waals surface area contributed by atoms with Crippen LogP contribution < -0.4 is 0 Å². The zero-order chi connectivity index (χ0) is 13.7. The summed E-state index contributed by atoms with van der Waals surface area (Å²) in [6.45, 7) is 5.43. The number of carbonyl (C=O) groups is 1. The summed E-state index contributed by atoms with van der Waals surface area (Å²) >= 11 is 0. The smallest absolute Gasteiger partial charge is 0.228 e. The number of hydrogen-bond acceptors (Lipinski definition) is 4. The molecule has 2 rings (SSSR count). The summed E-state index contributed by atoms with van der Waals surface area (Å²) in [5, 5.41) is 15.9. The Balaban J connectivity index is 1.81. The lowest BCUT2D eigenvalue weighted by atomic mass is 10.1. The third-order valence-electron chi connectivity index (χ3n) is 3.77. The highest BCUT2D eigenvalue weighted by Gasteiger charge is 2.24. The molecule has 1 fully saturated rings. The van der Waals surface area contributed by atoms with Crippen LogP contribution in [0.15, 0.2) is 12.3 Å². The summed E-state index contributed by atoms with van der Waals surface area (Å²) in [5.41, 5.74) is 0.856. The van der Waals surface area contributed by atoms with Crippen molar-refractivity contribution in [2.24, 2.45) is 0 Å². The summed E-state index contributed by atoms with van der Waals surface area (Å²) in [7, 11) is 0. The first-order valence-electron chi connectivity index (χ1n) is 6.85. The number of aliphatic hydroxyl groups excluding tert-OH is 1. The molecule has 1 unspecified atom stereocenters. The monoisotopic (exact) mass is 266 g/mol. The highest BCUT2D eigenvalue weighted by Crippen LogP contribution is 2.10. The molecule has 106 valence electrons. The van der Waals surface area contributed by atoms with Crippen molar-refractivity contribution in [3.63, 3.8) is 0 Å². The molecule has 19 heavy (non-hydrogen) atoms. The van der Waals surface area contributed by atoms with Gasteiger partial charge in [-0.3, -0.25) is 14.8 Å². The van der Waals surface area contributed by atoms with E-state index >= 15 is 0 Å². The van der Waals surface area contributed by atoms with Gasteiger partial charge in [0.05, 0.1) is 13.0 Å². The fourth-order valence-electron chi connectivity index (χ4n) is 2.50. The van der Waals surface area contributed by atoms with Crippen molar-refractivity contribution in [3.8, 4) is 0 Å². The third-order valence-corrected chi connectivity index (χ3v) is 3.77. The van der Waals surface area contributed by atoms with Crippen LogP contribution in [0.1, 0.15) is 19.0 Å². The van der Waals surface area contributed by atoms with Crippen LogP contribution in [0.2, 0.25) is 0 Å². The molecule has 0 aromatic carbocycles. The minimum absolute atomic E-state index is 0.140. The largest absolute Gasteiger partial charge is 0.395 e. The lowest BCUT2D eigenvalue weighted by molar-refractivity contribution is -0.132. The maximum Gasteiger partial charge on any atom is 0.228 e. The second-order valence-corrected chi connectivity index (χ2v) is 4.92. The van der Waals surface area contributed by atoms with Gasteiger partial charge in [-0.2, -0.15) is 5.10 Å². The molecule has 6 heteroatoms. The van der Waals surface area contributed by atoms with Crippen LogP contribution in [-0.4, -0.2) is 69.8 Å². The van der Waals surface area contributed by atoms with Crippen LogP contribution in [0.25, 0.3) is 0 Å². The fourth-order valence-corrected chi connectivity index (χ4v) is 2.50. The number of H-pyrrole nitrogens is 1. The van der Waals surface area contributed by atoms with Gasteiger partial charge in [-0.25, -0.2) is 0 Å². The van der Waals surface area contributed by atoms with Crippen molar-refractivity contribution >= 4 is 5.91 Å². The molecule has 1 saturated heterocycles. The number of nitrogens with zero attached hydrogens (tertiary/aromatic N) is 3. The van der Waals surface area contributed by atoms with Gasteiger partial charge in [0.15, 0.2) is 0 Å². The first-order valence-corrected chi connectivity index (χ1v) is 6.85. The van der Waals surface area contributed by atoms with Crippen LogP contribution >= 0.6 is 0 Å². The molecule has 6 nitrogen and oxygen atoms in total. The molecule has 1 atom stereocenters. The molecule has 1 aromatic rings. The number of amides is 1. The van der Waals surface area contributed by atoms with E-state index in [9.17, 15) is 9.90 Å². The van der Waals surface area contributed by atoms with Crippen molar-refractivity contribution in [1.82, 2.24) is 20.0 Å². The maximum atomic E-state index is 12.1. The Bertz CT molecular complexity index is 381. The number of aromatic amines is 1. The topological polar surface area (TPSA) is 72.5 Å². The fraction of sp³-hybridized carbons (Fsp3) is 0.692. The second-order valence-electron chi connectivity index (χ2n) is 4.92. The van der Waals surface area contributed by atoms with E-state index in [2.05, 4.69) is 22.0 Å². The molecule has 2 heterocycles. The van der Waals surface area contributed by atoms with E-state index in [-0.39, 0.29) is 18.6 Å². The van der Waals surface area contributed by atoms with E-state index in [0.717, 1.165) is 38.3 Å². The van der Waals surface area contributed by atoms with Crippen LogP contribution in [0.5, 0.6) is 0 Å². The average Bonchev–Trinajstić information content (AvgIpc) is 2.94. The standard InChI is InChI=1S/C13H22N4O2/c1-2-12(10-18)16-5-7-17(8-6-16)13(19)9-11-3-4-14-15-11/h3-4,12,18H,2,5-10H2,1H3,(H,14,15). The second kappa shape index (κ2) is 6.68. The number of aliphatic hydroxyl groups is 1. The van der Waals surface area contributed by atoms with Gasteiger partial charge in [-0.15, -0.1) is 0 Å². The molecule has 0 spiro atoms. The average molecular weight is 266 g/mol. The first kappa shape index (κ1) is 14.0. The number of rotatable bonds is 5. The highest BCUT2D eigenvalue weighted by atomic mass is 16.3. The van der Waals surface area contributed by atoms with Crippen LogP contribution in [0.3, 0.4) is 0 Å². The molecule has 2 N–H and O–H groups in total. The zero-order valence-corrected chi connectivity index (χ0v) is 11.4. The predicted molar refractivity (Wildman–Crippen MR) is 71.6 cm³/mol. The van der Waals surface area contributed by atoms with Gasteiger partial charge in [0.1, 0.15) is 0 Å². The van der Waals surface area contributed by atoms with Crippen LogP contribution in [-0.2, 0) is 11.2 Å². The van der Waals surface area contributed by atoms with Gasteiger partial charge >= 0.3 is 0 Å². The molecule has 0 saturated carbocycles. The minimum atomic E-state index is 0.140. The van der Waals surface area contributed by atoms with Gasteiger partial charge in [-0.05, 0) is 12.5 Å². The van der Waals surface area contributed by atoms with Crippen molar-refractivity contribution in [3.05, 3.63) is 18.0 Å². The molecular formula is C13H22N4O2. The summed E-state index contributed by atoms with van der Waals surface area (Å²) in [5.74, 6) is 0.140. The summed E-state index contributed by atoms with van der Waals surface area (Å²) in [6.07, 6.45) is 2.99. The first-order chi connectivity index (χ1) is 9.24. The van der Waals surface area contributed by atoms with Gasteiger partial charge in [-0.1, -0.05) is 6.92 Å². The molecule has 0 bridgehead atoms. The van der Waals surface area contributed by atoms with Crippen LogP contribution in [0.4, 0.5) is 0 Å². The molecule has 1 aliphatic rings. The Morgan fingerprint density at radius 3 is 2.74 bits per heavy atom.